The van der Waals surface area contributed by atoms with E-state index in [4.69, 9.17) is 0 Å². The summed E-state index contributed by atoms with van der Waals surface area (Å²) in [4.78, 5) is 0. The van der Waals surface area contributed by atoms with Crippen LogP contribution in [0.15, 0.2) is 30.3 Å². The average Bonchev–Trinajstić information content (AvgIpc) is 2.07. The number of alkyl halides is 1. The van der Waals surface area contributed by atoms with E-state index in [2.05, 4.69) is 60.1 Å². The monoisotopic (exact) mass is 226 g/mol. The van der Waals surface area contributed by atoms with Crippen LogP contribution in [0, 0.1) is 5.92 Å². The Bertz CT molecular complexity index is 216. The molecule has 0 heterocycles. The van der Waals surface area contributed by atoms with Gasteiger partial charge in [-0.25, -0.2) is 0 Å². The number of hydrogen-bond acceptors (Lipinski definition) is 0. The van der Waals surface area contributed by atoms with Gasteiger partial charge in [0, 0.05) is 5.33 Å². The Kier molecular flexibility index (Phi) is 3.80. The fourth-order valence-electron chi connectivity index (χ4n) is 1.35. The van der Waals surface area contributed by atoms with E-state index in [9.17, 15) is 0 Å². The number of rotatable bonds is 3. The molecule has 12 heavy (non-hydrogen) atoms. The predicted molar refractivity (Wildman–Crippen MR) is 57.8 cm³/mol. The summed E-state index contributed by atoms with van der Waals surface area (Å²) in [6.45, 7) is 4.53. The van der Waals surface area contributed by atoms with Crippen molar-refractivity contribution in [1.29, 1.82) is 0 Å². The Balaban J connectivity index is 2.80. The van der Waals surface area contributed by atoms with Gasteiger partial charge in [-0.3, -0.25) is 0 Å². The molecule has 1 heteroatoms. The van der Waals surface area contributed by atoms with Crippen molar-refractivity contribution in [3.8, 4) is 0 Å². The molecule has 0 aliphatic rings. The summed E-state index contributed by atoms with van der Waals surface area (Å²) in [5.74, 6) is 1.35. The molecular formula is C11H15Br. The van der Waals surface area contributed by atoms with Crippen LogP contribution in [-0.4, -0.2) is 5.33 Å². The van der Waals surface area contributed by atoms with E-state index in [1.165, 1.54) is 5.56 Å². The second kappa shape index (κ2) is 4.66. The summed E-state index contributed by atoms with van der Waals surface area (Å²) in [5, 5.41) is 1.05. The summed E-state index contributed by atoms with van der Waals surface area (Å²) in [5.41, 5.74) is 1.43. The van der Waals surface area contributed by atoms with Crippen LogP contribution in [0.4, 0.5) is 0 Å². The zero-order valence-electron chi connectivity index (χ0n) is 7.63. The lowest BCUT2D eigenvalue weighted by atomic mass is 9.90. The van der Waals surface area contributed by atoms with Crippen molar-refractivity contribution in [3.63, 3.8) is 0 Å². The fourth-order valence-corrected chi connectivity index (χ4v) is 2.47. The number of halogens is 1. The second-order valence-electron chi connectivity index (χ2n) is 3.42. The maximum absolute atomic E-state index is 3.55. The SMILES string of the molecule is CC(C)C(CBr)c1ccccc1. The van der Waals surface area contributed by atoms with Gasteiger partial charge >= 0.3 is 0 Å². The van der Waals surface area contributed by atoms with Crippen LogP contribution in [0.3, 0.4) is 0 Å². The van der Waals surface area contributed by atoms with Crippen LogP contribution >= 0.6 is 15.9 Å². The van der Waals surface area contributed by atoms with Crippen LogP contribution in [0.5, 0.6) is 0 Å². The number of hydrogen-bond donors (Lipinski definition) is 0. The molecule has 0 saturated heterocycles. The zero-order chi connectivity index (χ0) is 8.97. The van der Waals surface area contributed by atoms with Gasteiger partial charge in [0.2, 0.25) is 0 Å². The minimum atomic E-state index is 0.645. The molecule has 0 N–H and O–H groups in total. The summed E-state index contributed by atoms with van der Waals surface area (Å²) in [6, 6.07) is 10.7. The highest BCUT2D eigenvalue weighted by atomic mass is 79.9. The van der Waals surface area contributed by atoms with Gasteiger partial charge in [0.15, 0.2) is 0 Å². The van der Waals surface area contributed by atoms with Crippen LogP contribution in [-0.2, 0) is 0 Å². The molecule has 1 aromatic carbocycles. The Morgan fingerprint density at radius 2 is 1.75 bits per heavy atom. The molecule has 1 atom stereocenters. The first-order chi connectivity index (χ1) is 5.75. The van der Waals surface area contributed by atoms with E-state index in [1.54, 1.807) is 0 Å². The third kappa shape index (κ3) is 2.34. The van der Waals surface area contributed by atoms with E-state index >= 15 is 0 Å². The van der Waals surface area contributed by atoms with Gasteiger partial charge in [-0.05, 0) is 17.4 Å². The van der Waals surface area contributed by atoms with Gasteiger partial charge in [0.1, 0.15) is 0 Å². The van der Waals surface area contributed by atoms with Crippen LogP contribution in [0.1, 0.15) is 25.3 Å². The molecule has 0 aliphatic heterocycles. The first-order valence-electron chi connectivity index (χ1n) is 4.36. The first kappa shape index (κ1) is 9.79. The van der Waals surface area contributed by atoms with E-state index in [-0.39, 0.29) is 0 Å². The predicted octanol–water partition coefficient (Wildman–Crippen LogP) is 3.82. The Morgan fingerprint density at radius 1 is 1.17 bits per heavy atom. The van der Waals surface area contributed by atoms with Crippen LogP contribution in [0.25, 0.3) is 0 Å². The molecule has 0 nitrogen and oxygen atoms in total. The molecule has 1 aromatic rings. The molecule has 0 aromatic heterocycles. The lowest BCUT2D eigenvalue weighted by Crippen LogP contribution is -2.07. The maximum Gasteiger partial charge on any atom is 0.0103 e. The van der Waals surface area contributed by atoms with Crippen molar-refractivity contribution in [2.75, 3.05) is 5.33 Å². The third-order valence-electron chi connectivity index (χ3n) is 2.20. The molecule has 1 rings (SSSR count). The molecule has 0 bridgehead atoms. The summed E-state index contributed by atoms with van der Waals surface area (Å²) < 4.78 is 0. The second-order valence-corrected chi connectivity index (χ2v) is 4.06. The van der Waals surface area contributed by atoms with Gasteiger partial charge in [0.05, 0.1) is 0 Å². The molecule has 66 valence electrons. The highest BCUT2D eigenvalue weighted by Crippen LogP contribution is 2.25. The zero-order valence-corrected chi connectivity index (χ0v) is 9.21. The largest absolute Gasteiger partial charge is 0.0921 e. The Labute approximate surface area is 83.1 Å². The molecule has 1 unspecified atom stereocenters. The van der Waals surface area contributed by atoms with Gasteiger partial charge in [-0.15, -0.1) is 0 Å². The van der Waals surface area contributed by atoms with E-state index < -0.39 is 0 Å². The Morgan fingerprint density at radius 3 is 2.17 bits per heavy atom. The normalized spacial score (nSPS) is 13.3. The highest BCUT2D eigenvalue weighted by molar-refractivity contribution is 9.09. The molecule has 0 aliphatic carbocycles. The van der Waals surface area contributed by atoms with Crippen LogP contribution < -0.4 is 0 Å². The minimum Gasteiger partial charge on any atom is -0.0921 e. The fraction of sp³-hybridized carbons (Fsp3) is 0.455. The third-order valence-corrected chi connectivity index (χ3v) is 2.90. The summed E-state index contributed by atoms with van der Waals surface area (Å²) >= 11 is 3.55. The van der Waals surface area contributed by atoms with E-state index in [0.717, 1.165) is 5.33 Å². The van der Waals surface area contributed by atoms with Crippen LogP contribution in [0.2, 0.25) is 0 Å². The average molecular weight is 227 g/mol. The standard InChI is InChI=1S/C11H15Br/c1-9(2)11(8-12)10-6-4-3-5-7-10/h3-7,9,11H,8H2,1-2H3. The van der Waals surface area contributed by atoms with Crippen molar-refractivity contribution >= 4 is 15.9 Å². The van der Waals surface area contributed by atoms with Crippen molar-refractivity contribution in [1.82, 2.24) is 0 Å². The molecule has 0 spiro atoms. The smallest absolute Gasteiger partial charge is 0.0103 e. The minimum absolute atomic E-state index is 0.645. The van der Waals surface area contributed by atoms with Gasteiger partial charge in [-0.1, -0.05) is 60.1 Å². The maximum atomic E-state index is 3.55. The first-order valence-corrected chi connectivity index (χ1v) is 5.48. The highest BCUT2D eigenvalue weighted by Gasteiger charge is 2.12. The Hall–Kier alpha value is -0.300. The lowest BCUT2D eigenvalue weighted by molar-refractivity contribution is 0.544. The summed E-state index contributed by atoms with van der Waals surface area (Å²) in [6.07, 6.45) is 0. The van der Waals surface area contributed by atoms with Gasteiger partial charge < -0.3 is 0 Å². The van der Waals surface area contributed by atoms with Crippen molar-refractivity contribution in [3.05, 3.63) is 35.9 Å². The summed E-state index contributed by atoms with van der Waals surface area (Å²) in [7, 11) is 0. The lowest BCUT2D eigenvalue weighted by Gasteiger charge is -2.18. The van der Waals surface area contributed by atoms with Crippen molar-refractivity contribution < 1.29 is 0 Å². The quantitative estimate of drug-likeness (QED) is 0.688. The van der Waals surface area contributed by atoms with E-state index in [1.807, 2.05) is 0 Å². The number of benzene rings is 1. The molecule has 0 radical (unpaired) electrons. The van der Waals surface area contributed by atoms with E-state index in [0.29, 0.717) is 11.8 Å². The van der Waals surface area contributed by atoms with Gasteiger partial charge in [0.25, 0.3) is 0 Å². The van der Waals surface area contributed by atoms with Crippen molar-refractivity contribution in [2.45, 2.75) is 19.8 Å². The van der Waals surface area contributed by atoms with Crippen molar-refractivity contribution in [2.24, 2.45) is 5.92 Å². The molecule has 0 fully saturated rings. The topological polar surface area (TPSA) is 0 Å². The molecule has 0 amide bonds. The molecule has 0 saturated carbocycles. The molecular weight excluding hydrogens is 212 g/mol. The van der Waals surface area contributed by atoms with Gasteiger partial charge in [-0.2, -0.15) is 0 Å².